The van der Waals surface area contributed by atoms with Crippen LogP contribution in [-0.2, 0) is 10.0 Å². The average Bonchev–Trinajstić information content (AvgIpc) is 2.75. The molecule has 31 heavy (non-hydrogen) atoms. The predicted molar refractivity (Wildman–Crippen MR) is 111 cm³/mol. The third kappa shape index (κ3) is 3.99. The molecule has 0 fully saturated rings. The highest BCUT2D eigenvalue weighted by atomic mass is 35.5. The summed E-state index contributed by atoms with van der Waals surface area (Å²) in [4.78, 5) is 11.4. The van der Waals surface area contributed by atoms with Gasteiger partial charge in [0.2, 0.25) is 5.88 Å². The average molecular weight is 463 g/mol. The number of fused-ring (bicyclic) bond motifs is 1. The topological polar surface area (TPSA) is 94.1 Å². The van der Waals surface area contributed by atoms with E-state index < -0.39 is 37.8 Å². The van der Waals surface area contributed by atoms with Crippen molar-refractivity contribution in [2.24, 2.45) is 0 Å². The molecule has 0 unspecified atom stereocenters. The maximum absolute atomic E-state index is 15.3. The Balaban J connectivity index is 1.80. The van der Waals surface area contributed by atoms with E-state index in [0.717, 1.165) is 18.2 Å². The number of ether oxygens (including phenoxy) is 1. The van der Waals surface area contributed by atoms with Crippen molar-refractivity contribution >= 4 is 38.2 Å². The van der Waals surface area contributed by atoms with E-state index in [0.29, 0.717) is 10.9 Å². The summed E-state index contributed by atoms with van der Waals surface area (Å²) in [6.07, 6.45) is 4.07. The largest absolute Gasteiger partial charge is 0.480 e. The summed E-state index contributed by atoms with van der Waals surface area (Å²) in [7, 11) is -3.12. The van der Waals surface area contributed by atoms with Gasteiger partial charge in [0.15, 0.2) is 10.7 Å². The van der Waals surface area contributed by atoms with E-state index in [1.165, 1.54) is 38.0 Å². The second-order valence-corrected chi connectivity index (χ2v) is 8.43. The Hall–Kier alpha value is -3.37. The summed E-state index contributed by atoms with van der Waals surface area (Å²) in [5.41, 5.74) is -0.0673. The van der Waals surface area contributed by atoms with Crippen LogP contribution in [0.2, 0.25) is 5.02 Å². The second kappa shape index (κ2) is 8.05. The van der Waals surface area contributed by atoms with Crippen LogP contribution >= 0.6 is 11.6 Å². The summed E-state index contributed by atoms with van der Waals surface area (Å²) >= 11 is 5.84. The molecular formula is C20H13ClF2N4O3S. The summed E-state index contributed by atoms with van der Waals surface area (Å²) in [6.45, 7) is 0. The SMILES string of the molecule is COc1ncc(Cl)cc1S(=O)(=O)Nc1ccc(F)c(-c2ccc3ncncc3c2)c1F. The van der Waals surface area contributed by atoms with Crippen LogP contribution in [0.25, 0.3) is 22.0 Å². The van der Waals surface area contributed by atoms with E-state index in [4.69, 9.17) is 16.3 Å². The Bertz CT molecular complexity index is 1420. The Morgan fingerprint density at radius 3 is 2.65 bits per heavy atom. The number of anilines is 1. The molecule has 7 nitrogen and oxygen atoms in total. The molecule has 4 aromatic rings. The fourth-order valence-corrected chi connectivity index (χ4v) is 4.42. The molecule has 4 rings (SSSR count). The zero-order valence-electron chi connectivity index (χ0n) is 15.8. The minimum Gasteiger partial charge on any atom is -0.480 e. The summed E-state index contributed by atoms with van der Waals surface area (Å²) in [5.74, 6) is -2.18. The summed E-state index contributed by atoms with van der Waals surface area (Å²) in [5, 5.41) is 0.611. The fourth-order valence-electron chi connectivity index (χ4n) is 2.99. The van der Waals surface area contributed by atoms with Crippen molar-refractivity contribution in [1.82, 2.24) is 15.0 Å². The first-order valence-electron chi connectivity index (χ1n) is 8.70. The lowest BCUT2D eigenvalue weighted by Crippen LogP contribution is -2.16. The van der Waals surface area contributed by atoms with Crippen molar-refractivity contribution in [2.45, 2.75) is 4.90 Å². The number of hydrogen-bond donors (Lipinski definition) is 1. The molecule has 158 valence electrons. The molecule has 0 bridgehead atoms. The van der Waals surface area contributed by atoms with Gasteiger partial charge in [0, 0.05) is 17.8 Å². The smallest absolute Gasteiger partial charge is 0.267 e. The van der Waals surface area contributed by atoms with Gasteiger partial charge in [0.1, 0.15) is 12.1 Å². The zero-order chi connectivity index (χ0) is 22.2. The molecule has 0 saturated carbocycles. The van der Waals surface area contributed by atoms with Crippen LogP contribution in [-0.4, -0.2) is 30.5 Å². The lowest BCUT2D eigenvalue weighted by molar-refractivity contribution is 0.385. The Labute approximate surface area is 180 Å². The van der Waals surface area contributed by atoms with Crippen molar-refractivity contribution in [2.75, 3.05) is 11.8 Å². The minimum absolute atomic E-state index is 0.0415. The van der Waals surface area contributed by atoms with Gasteiger partial charge in [-0.3, -0.25) is 4.72 Å². The number of hydrogen-bond acceptors (Lipinski definition) is 6. The molecule has 1 N–H and O–H groups in total. The van der Waals surface area contributed by atoms with Crippen LogP contribution < -0.4 is 9.46 Å². The standard InChI is InChI=1S/C20H13ClF2N4O3S/c1-30-20-17(7-13(21)9-25-20)31(28,29)27-16-5-3-14(22)18(19(16)23)11-2-4-15-12(6-11)8-24-10-26-15/h2-10,27H,1H3. The van der Waals surface area contributed by atoms with Crippen LogP contribution in [0, 0.1) is 11.6 Å². The van der Waals surface area contributed by atoms with E-state index in [1.54, 1.807) is 6.07 Å². The van der Waals surface area contributed by atoms with Crippen LogP contribution in [0.15, 0.2) is 60.0 Å². The molecule has 0 amide bonds. The van der Waals surface area contributed by atoms with Gasteiger partial charge in [0.05, 0.1) is 28.9 Å². The van der Waals surface area contributed by atoms with Gasteiger partial charge >= 0.3 is 0 Å². The molecule has 11 heteroatoms. The molecule has 2 heterocycles. The Morgan fingerprint density at radius 1 is 1.06 bits per heavy atom. The first-order chi connectivity index (χ1) is 14.8. The number of sulfonamides is 1. The maximum atomic E-state index is 15.3. The third-order valence-corrected chi connectivity index (χ3v) is 5.96. The molecule has 0 atom stereocenters. The second-order valence-electron chi connectivity index (χ2n) is 6.35. The first kappa shape index (κ1) is 20.9. The van der Waals surface area contributed by atoms with Gasteiger partial charge in [-0.25, -0.2) is 32.2 Å². The number of methoxy groups -OCH3 is 1. The number of rotatable bonds is 5. The monoisotopic (exact) mass is 462 g/mol. The van der Waals surface area contributed by atoms with Gasteiger partial charge in [-0.15, -0.1) is 0 Å². The molecule has 0 aliphatic rings. The van der Waals surface area contributed by atoms with Crippen molar-refractivity contribution in [3.63, 3.8) is 0 Å². The number of benzene rings is 2. The summed E-state index contributed by atoms with van der Waals surface area (Å²) in [6, 6.07) is 7.65. The fraction of sp³-hybridized carbons (Fsp3) is 0.0500. The van der Waals surface area contributed by atoms with Gasteiger partial charge in [-0.05, 0) is 35.9 Å². The zero-order valence-corrected chi connectivity index (χ0v) is 17.4. The van der Waals surface area contributed by atoms with Crippen LogP contribution in [0.3, 0.4) is 0 Å². The van der Waals surface area contributed by atoms with E-state index in [-0.39, 0.29) is 16.5 Å². The number of pyridine rings is 1. The van der Waals surface area contributed by atoms with E-state index >= 15 is 4.39 Å². The molecule has 2 aromatic carbocycles. The van der Waals surface area contributed by atoms with E-state index in [2.05, 4.69) is 19.7 Å². The lowest BCUT2D eigenvalue weighted by atomic mass is 10.0. The van der Waals surface area contributed by atoms with E-state index in [9.17, 15) is 12.8 Å². The van der Waals surface area contributed by atoms with Gasteiger partial charge < -0.3 is 4.74 Å². The third-order valence-electron chi connectivity index (χ3n) is 4.40. The predicted octanol–water partition coefficient (Wildman–Crippen LogP) is 4.43. The lowest BCUT2D eigenvalue weighted by Gasteiger charge is -2.14. The number of aromatic nitrogens is 3. The Morgan fingerprint density at radius 2 is 1.87 bits per heavy atom. The Kier molecular flexibility index (Phi) is 5.42. The highest BCUT2D eigenvalue weighted by Gasteiger charge is 2.25. The molecule has 0 aliphatic heterocycles. The normalized spacial score (nSPS) is 11.5. The highest BCUT2D eigenvalue weighted by molar-refractivity contribution is 7.92. The van der Waals surface area contributed by atoms with Crippen molar-refractivity contribution in [3.05, 3.63) is 71.8 Å². The highest BCUT2D eigenvalue weighted by Crippen LogP contribution is 2.34. The van der Waals surface area contributed by atoms with Crippen LogP contribution in [0.5, 0.6) is 5.88 Å². The molecule has 2 aromatic heterocycles. The van der Waals surface area contributed by atoms with Crippen LogP contribution in [0.4, 0.5) is 14.5 Å². The number of nitrogens with one attached hydrogen (secondary N) is 1. The van der Waals surface area contributed by atoms with Crippen molar-refractivity contribution in [3.8, 4) is 17.0 Å². The first-order valence-corrected chi connectivity index (χ1v) is 10.6. The number of halogens is 3. The van der Waals surface area contributed by atoms with Crippen molar-refractivity contribution in [1.29, 1.82) is 0 Å². The molecule has 0 radical (unpaired) electrons. The minimum atomic E-state index is -4.35. The molecule has 0 aliphatic carbocycles. The van der Waals surface area contributed by atoms with Gasteiger partial charge in [-0.2, -0.15) is 0 Å². The van der Waals surface area contributed by atoms with E-state index in [1.807, 2.05) is 0 Å². The number of nitrogens with zero attached hydrogens (tertiary/aromatic N) is 3. The summed E-state index contributed by atoms with van der Waals surface area (Å²) < 4.78 is 62.5. The van der Waals surface area contributed by atoms with Gasteiger partial charge in [0.25, 0.3) is 10.0 Å². The molecule has 0 spiro atoms. The van der Waals surface area contributed by atoms with Crippen molar-refractivity contribution < 1.29 is 21.9 Å². The van der Waals surface area contributed by atoms with Gasteiger partial charge in [-0.1, -0.05) is 17.7 Å². The van der Waals surface area contributed by atoms with Crippen LogP contribution in [0.1, 0.15) is 0 Å². The molecular weight excluding hydrogens is 450 g/mol. The maximum Gasteiger partial charge on any atom is 0.267 e. The quantitative estimate of drug-likeness (QED) is 0.471. The molecule has 0 saturated heterocycles.